The standard InChI is InChI=1S/C11H13Cl2N/c1-8(2)3-4-14-11-6-9(12)5-10(13)7-11/h3,5-7,14H,4H2,1-2H3. The molecule has 0 amide bonds. The molecule has 0 aliphatic rings. The zero-order chi connectivity index (χ0) is 10.6. The van der Waals surface area contributed by atoms with Crippen LogP contribution in [-0.4, -0.2) is 6.54 Å². The van der Waals surface area contributed by atoms with E-state index in [2.05, 4.69) is 25.2 Å². The van der Waals surface area contributed by atoms with Gasteiger partial charge >= 0.3 is 0 Å². The lowest BCUT2D eigenvalue weighted by atomic mass is 10.3. The monoisotopic (exact) mass is 229 g/mol. The summed E-state index contributed by atoms with van der Waals surface area (Å²) in [7, 11) is 0. The first-order valence-corrected chi connectivity index (χ1v) is 5.17. The molecule has 1 nitrogen and oxygen atoms in total. The van der Waals surface area contributed by atoms with Crippen molar-refractivity contribution in [3.05, 3.63) is 39.9 Å². The fourth-order valence-corrected chi connectivity index (χ4v) is 1.55. The number of nitrogens with one attached hydrogen (secondary N) is 1. The molecule has 0 aromatic heterocycles. The number of allylic oxidation sites excluding steroid dienone is 1. The van der Waals surface area contributed by atoms with Gasteiger partial charge in [-0.1, -0.05) is 34.9 Å². The minimum absolute atomic E-state index is 0.650. The lowest BCUT2D eigenvalue weighted by Crippen LogP contribution is -1.98. The molecular weight excluding hydrogens is 217 g/mol. The lowest BCUT2D eigenvalue weighted by Gasteiger charge is -2.04. The fourth-order valence-electron chi connectivity index (χ4n) is 1.03. The van der Waals surface area contributed by atoms with Crippen LogP contribution in [0, 0.1) is 0 Å². The summed E-state index contributed by atoms with van der Waals surface area (Å²) in [5.41, 5.74) is 2.23. The molecule has 14 heavy (non-hydrogen) atoms. The average molecular weight is 230 g/mol. The molecule has 0 saturated carbocycles. The summed E-state index contributed by atoms with van der Waals surface area (Å²) in [6, 6.07) is 5.42. The molecule has 1 aromatic rings. The van der Waals surface area contributed by atoms with E-state index in [1.165, 1.54) is 5.57 Å². The second-order valence-corrected chi connectivity index (χ2v) is 4.19. The summed E-state index contributed by atoms with van der Waals surface area (Å²) < 4.78 is 0. The largest absolute Gasteiger partial charge is 0.381 e. The molecule has 0 unspecified atom stereocenters. The molecule has 76 valence electrons. The van der Waals surface area contributed by atoms with E-state index in [-0.39, 0.29) is 0 Å². The number of benzene rings is 1. The molecule has 1 rings (SSSR count). The predicted molar refractivity (Wildman–Crippen MR) is 64.4 cm³/mol. The molecule has 1 aromatic carbocycles. The smallest absolute Gasteiger partial charge is 0.0441 e. The van der Waals surface area contributed by atoms with Crippen LogP contribution < -0.4 is 5.32 Å². The van der Waals surface area contributed by atoms with Crippen molar-refractivity contribution in [2.45, 2.75) is 13.8 Å². The third kappa shape index (κ3) is 4.03. The third-order valence-corrected chi connectivity index (χ3v) is 2.12. The number of rotatable bonds is 3. The van der Waals surface area contributed by atoms with Gasteiger partial charge in [0.05, 0.1) is 0 Å². The maximum atomic E-state index is 5.85. The van der Waals surface area contributed by atoms with Crippen LogP contribution in [0.2, 0.25) is 10.0 Å². The van der Waals surface area contributed by atoms with Crippen LogP contribution in [0.15, 0.2) is 29.8 Å². The summed E-state index contributed by atoms with van der Waals surface area (Å²) in [5.74, 6) is 0. The molecule has 0 atom stereocenters. The van der Waals surface area contributed by atoms with Gasteiger partial charge in [-0.3, -0.25) is 0 Å². The van der Waals surface area contributed by atoms with Gasteiger partial charge in [0, 0.05) is 22.3 Å². The molecular formula is C11H13Cl2N. The maximum absolute atomic E-state index is 5.85. The van der Waals surface area contributed by atoms with Crippen LogP contribution in [-0.2, 0) is 0 Å². The van der Waals surface area contributed by atoms with E-state index in [1.807, 2.05) is 12.1 Å². The molecule has 0 radical (unpaired) electrons. The quantitative estimate of drug-likeness (QED) is 0.760. The van der Waals surface area contributed by atoms with Crippen LogP contribution in [0.4, 0.5) is 5.69 Å². The van der Waals surface area contributed by atoms with Gasteiger partial charge in [-0.15, -0.1) is 0 Å². The van der Waals surface area contributed by atoms with Gasteiger partial charge in [-0.05, 0) is 32.0 Å². The van der Waals surface area contributed by atoms with E-state index in [4.69, 9.17) is 23.2 Å². The third-order valence-electron chi connectivity index (χ3n) is 1.68. The van der Waals surface area contributed by atoms with Crippen molar-refractivity contribution in [3.8, 4) is 0 Å². The van der Waals surface area contributed by atoms with Crippen molar-refractivity contribution >= 4 is 28.9 Å². The average Bonchev–Trinajstić information content (AvgIpc) is 2.01. The van der Waals surface area contributed by atoms with Crippen molar-refractivity contribution in [2.75, 3.05) is 11.9 Å². The van der Waals surface area contributed by atoms with E-state index >= 15 is 0 Å². The molecule has 0 aliphatic heterocycles. The van der Waals surface area contributed by atoms with Gasteiger partial charge in [0.2, 0.25) is 0 Å². The van der Waals surface area contributed by atoms with Gasteiger partial charge in [0.1, 0.15) is 0 Å². The van der Waals surface area contributed by atoms with Crippen molar-refractivity contribution in [2.24, 2.45) is 0 Å². The highest BCUT2D eigenvalue weighted by molar-refractivity contribution is 6.35. The van der Waals surface area contributed by atoms with Crippen molar-refractivity contribution in [1.82, 2.24) is 0 Å². The van der Waals surface area contributed by atoms with Gasteiger partial charge in [-0.25, -0.2) is 0 Å². The van der Waals surface area contributed by atoms with E-state index in [1.54, 1.807) is 6.07 Å². The SMILES string of the molecule is CC(C)=CCNc1cc(Cl)cc(Cl)c1. The highest BCUT2D eigenvalue weighted by Crippen LogP contribution is 2.22. The summed E-state index contributed by atoms with van der Waals surface area (Å²) >= 11 is 11.7. The van der Waals surface area contributed by atoms with E-state index in [0.29, 0.717) is 10.0 Å². The second-order valence-electron chi connectivity index (χ2n) is 3.32. The Kier molecular flexibility index (Phi) is 4.30. The molecule has 0 aliphatic carbocycles. The Balaban J connectivity index is 2.63. The van der Waals surface area contributed by atoms with Crippen molar-refractivity contribution < 1.29 is 0 Å². The van der Waals surface area contributed by atoms with Gasteiger partial charge < -0.3 is 5.32 Å². The Bertz CT molecular complexity index is 321. The first-order chi connectivity index (χ1) is 6.58. The van der Waals surface area contributed by atoms with Crippen LogP contribution in [0.3, 0.4) is 0 Å². The Morgan fingerprint density at radius 1 is 1.21 bits per heavy atom. The van der Waals surface area contributed by atoms with Gasteiger partial charge in [-0.2, -0.15) is 0 Å². The number of anilines is 1. The second kappa shape index (κ2) is 5.28. The molecule has 3 heteroatoms. The zero-order valence-electron chi connectivity index (χ0n) is 8.27. The zero-order valence-corrected chi connectivity index (χ0v) is 9.78. The normalized spacial score (nSPS) is 9.71. The number of halogens is 2. The molecule has 0 fully saturated rings. The maximum Gasteiger partial charge on any atom is 0.0441 e. The molecule has 0 bridgehead atoms. The van der Waals surface area contributed by atoms with Crippen molar-refractivity contribution in [3.63, 3.8) is 0 Å². The highest BCUT2D eigenvalue weighted by atomic mass is 35.5. The van der Waals surface area contributed by atoms with Gasteiger partial charge in [0.25, 0.3) is 0 Å². The van der Waals surface area contributed by atoms with E-state index < -0.39 is 0 Å². The Morgan fingerprint density at radius 2 is 1.79 bits per heavy atom. The highest BCUT2D eigenvalue weighted by Gasteiger charge is 1.96. The van der Waals surface area contributed by atoms with E-state index in [0.717, 1.165) is 12.2 Å². The molecule has 0 saturated heterocycles. The Labute approximate surface area is 94.7 Å². The first-order valence-electron chi connectivity index (χ1n) is 4.41. The van der Waals surface area contributed by atoms with E-state index in [9.17, 15) is 0 Å². The van der Waals surface area contributed by atoms with Crippen LogP contribution in [0.25, 0.3) is 0 Å². The summed E-state index contributed by atoms with van der Waals surface area (Å²) in [6.45, 7) is 4.91. The fraction of sp³-hybridized carbons (Fsp3) is 0.273. The Morgan fingerprint density at radius 3 is 2.29 bits per heavy atom. The minimum Gasteiger partial charge on any atom is -0.381 e. The predicted octanol–water partition coefficient (Wildman–Crippen LogP) is 4.37. The Hall–Kier alpha value is -0.660. The molecule has 0 heterocycles. The minimum atomic E-state index is 0.650. The van der Waals surface area contributed by atoms with Gasteiger partial charge in [0.15, 0.2) is 0 Å². The lowest BCUT2D eigenvalue weighted by molar-refractivity contribution is 1.26. The summed E-state index contributed by atoms with van der Waals surface area (Å²) in [5, 5.41) is 4.51. The summed E-state index contributed by atoms with van der Waals surface area (Å²) in [6.07, 6.45) is 2.11. The first kappa shape index (κ1) is 11.4. The number of hydrogen-bond acceptors (Lipinski definition) is 1. The molecule has 0 spiro atoms. The molecule has 1 N–H and O–H groups in total. The van der Waals surface area contributed by atoms with Crippen LogP contribution in [0.5, 0.6) is 0 Å². The van der Waals surface area contributed by atoms with Crippen molar-refractivity contribution in [1.29, 1.82) is 0 Å². The van der Waals surface area contributed by atoms with Crippen LogP contribution >= 0.6 is 23.2 Å². The van der Waals surface area contributed by atoms with Crippen LogP contribution in [0.1, 0.15) is 13.8 Å². The summed E-state index contributed by atoms with van der Waals surface area (Å²) in [4.78, 5) is 0. The topological polar surface area (TPSA) is 12.0 Å². The number of hydrogen-bond donors (Lipinski definition) is 1.